The molecule has 0 radical (unpaired) electrons. The van der Waals surface area contributed by atoms with Crippen molar-refractivity contribution in [3.8, 4) is 0 Å². The van der Waals surface area contributed by atoms with Gasteiger partial charge in [0.25, 0.3) is 0 Å². The van der Waals surface area contributed by atoms with E-state index in [1.807, 2.05) is 0 Å². The number of rotatable bonds is 9. The fraction of sp³-hybridized carbons (Fsp3) is 0.571. The molecule has 2 atom stereocenters. The Labute approximate surface area is 182 Å². The van der Waals surface area contributed by atoms with Gasteiger partial charge in [-0.2, -0.15) is 0 Å². The summed E-state index contributed by atoms with van der Waals surface area (Å²) in [6, 6.07) is 3.59. The van der Waals surface area contributed by atoms with E-state index in [2.05, 4.69) is 38.2 Å². The van der Waals surface area contributed by atoms with Crippen LogP contribution in [0.4, 0.5) is 8.78 Å². The highest BCUT2D eigenvalue weighted by Gasteiger charge is 2.20. The average molecular weight is 413 g/mol. The lowest BCUT2D eigenvalue weighted by molar-refractivity contribution is 0.443. The van der Waals surface area contributed by atoms with Crippen molar-refractivity contribution in [2.45, 2.75) is 90.9 Å². The largest absolute Gasteiger partial charge is 0.203 e. The van der Waals surface area contributed by atoms with Crippen molar-refractivity contribution in [3.63, 3.8) is 0 Å². The van der Waals surface area contributed by atoms with E-state index in [1.165, 1.54) is 38.5 Å². The molecule has 3 rings (SSSR count). The van der Waals surface area contributed by atoms with E-state index in [0.717, 1.165) is 37.7 Å². The number of halogens is 2. The fourth-order valence-electron chi connectivity index (χ4n) is 4.99. The van der Waals surface area contributed by atoms with Crippen molar-refractivity contribution in [2.75, 3.05) is 0 Å². The smallest absolute Gasteiger partial charge is 0.166 e. The van der Waals surface area contributed by atoms with Gasteiger partial charge in [0.2, 0.25) is 0 Å². The molecule has 2 unspecified atom stereocenters. The van der Waals surface area contributed by atoms with Gasteiger partial charge in [0.15, 0.2) is 11.6 Å². The number of allylic oxidation sites excluding steroid dienone is 6. The summed E-state index contributed by atoms with van der Waals surface area (Å²) in [4.78, 5) is 0. The lowest BCUT2D eigenvalue weighted by Crippen LogP contribution is -2.07. The minimum Gasteiger partial charge on any atom is -0.203 e. The van der Waals surface area contributed by atoms with E-state index >= 15 is 0 Å². The SMILES string of the molecule is CCCC1=CCC(C=CCCc2ccc(C3=CCC(CCC)CC3)c(F)c2F)CC1. The summed E-state index contributed by atoms with van der Waals surface area (Å²) in [5.41, 5.74) is 3.56. The van der Waals surface area contributed by atoms with E-state index in [1.54, 1.807) is 17.7 Å². The van der Waals surface area contributed by atoms with Gasteiger partial charge in [0.1, 0.15) is 0 Å². The first-order valence-corrected chi connectivity index (χ1v) is 12.1. The van der Waals surface area contributed by atoms with E-state index in [4.69, 9.17) is 0 Å². The topological polar surface area (TPSA) is 0 Å². The second-order valence-corrected chi connectivity index (χ2v) is 9.17. The zero-order chi connectivity index (χ0) is 21.3. The third-order valence-corrected chi connectivity index (χ3v) is 6.83. The molecule has 0 aromatic heterocycles. The highest BCUT2D eigenvalue weighted by atomic mass is 19.2. The maximum absolute atomic E-state index is 14.8. The Bertz CT molecular complexity index is 784. The molecule has 0 N–H and O–H groups in total. The first-order chi connectivity index (χ1) is 14.6. The Morgan fingerprint density at radius 1 is 0.933 bits per heavy atom. The maximum Gasteiger partial charge on any atom is 0.166 e. The minimum absolute atomic E-state index is 0.471. The van der Waals surface area contributed by atoms with Crippen molar-refractivity contribution >= 4 is 5.57 Å². The highest BCUT2D eigenvalue weighted by Crippen LogP contribution is 2.34. The normalized spacial score (nSPS) is 22.3. The number of benzene rings is 1. The van der Waals surface area contributed by atoms with Gasteiger partial charge in [0, 0.05) is 5.56 Å². The average Bonchev–Trinajstić information content (AvgIpc) is 2.76. The third kappa shape index (κ3) is 6.15. The second-order valence-electron chi connectivity index (χ2n) is 9.17. The number of hydrogen-bond acceptors (Lipinski definition) is 0. The lowest BCUT2D eigenvalue weighted by atomic mass is 9.84. The summed E-state index contributed by atoms with van der Waals surface area (Å²) in [5, 5.41) is 0. The third-order valence-electron chi connectivity index (χ3n) is 6.83. The molecule has 164 valence electrons. The molecule has 0 saturated heterocycles. The van der Waals surface area contributed by atoms with Gasteiger partial charge in [0.05, 0.1) is 0 Å². The van der Waals surface area contributed by atoms with Crippen molar-refractivity contribution in [3.05, 3.63) is 64.8 Å². The molecule has 0 heterocycles. The van der Waals surface area contributed by atoms with Crippen molar-refractivity contribution < 1.29 is 8.78 Å². The van der Waals surface area contributed by atoms with Gasteiger partial charge in [-0.1, -0.05) is 75.1 Å². The Hall–Kier alpha value is -1.70. The summed E-state index contributed by atoms with van der Waals surface area (Å²) in [6.45, 7) is 4.44. The van der Waals surface area contributed by atoms with Gasteiger partial charge in [-0.3, -0.25) is 0 Å². The monoisotopic (exact) mass is 412 g/mol. The van der Waals surface area contributed by atoms with Gasteiger partial charge < -0.3 is 0 Å². The van der Waals surface area contributed by atoms with Crippen LogP contribution in [0.5, 0.6) is 0 Å². The molecule has 0 bridgehead atoms. The minimum atomic E-state index is -0.655. The van der Waals surface area contributed by atoms with E-state index in [0.29, 0.717) is 29.4 Å². The van der Waals surface area contributed by atoms with Gasteiger partial charge in [-0.05, 0) is 80.8 Å². The number of aryl methyl sites for hydroxylation is 1. The molecule has 0 amide bonds. The van der Waals surface area contributed by atoms with Crippen LogP contribution >= 0.6 is 0 Å². The lowest BCUT2D eigenvalue weighted by Gasteiger charge is -2.22. The van der Waals surface area contributed by atoms with Crippen molar-refractivity contribution in [1.82, 2.24) is 0 Å². The summed E-state index contributed by atoms with van der Waals surface area (Å²) < 4.78 is 29.4. The molecular formula is C28H38F2. The van der Waals surface area contributed by atoms with Crippen LogP contribution in [-0.4, -0.2) is 0 Å². The number of hydrogen-bond donors (Lipinski definition) is 0. The molecule has 0 aliphatic heterocycles. The predicted molar refractivity (Wildman–Crippen MR) is 124 cm³/mol. The Morgan fingerprint density at radius 2 is 1.80 bits per heavy atom. The molecule has 0 saturated carbocycles. The summed E-state index contributed by atoms with van der Waals surface area (Å²) in [6.07, 6.45) is 21.7. The zero-order valence-electron chi connectivity index (χ0n) is 18.9. The molecule has 30 heavy (non-hydrogen) atoms. The molecule has 0 fully saturated rings. The van der Waals surface area contributed by atoms with E-state index in [9.17, 15) is 8.78 Å². The van der Waals surface area contributed by atoms with Crippen LogP contribution < -0.4 is 0 Å². The van der Waals surface area contributed by atoms with Crippen molar-refractivity contribution in [2.24, 2.45) is 11.8 Å². The van der Waals surface area contributed by atoms with Gasteiger partial charge >= 0.3 is 0 Å². The van der Waals surface area contributed by atoms with E-state index < -0.39 is 11.6 Å². The quantitative estimate of drug-likeness (QED) is 0.355. The molecule has 1 aromatic rings. The van der Waals surface area contributed by atoms with Gasteiger partial charge in [-0.15, -0.1) is 0 Å². The summed E-state index contributed by atoms with van der Waals surface area (Å²) >= 11 is 0. The predicted octanol–water partition coefficient (Wildman–Crippen LogP) is 8.96. The highest BCUT2D eigenvalue weighted by molar-refractivity contribution is 5.67. The molecular weight excluding hydrogens is 374 g/mol. The molecule has 0 nitrogen and oxygen atoms in total. The van der Waals surface area contributed by atoms with Gasteiger partial charge in [-0.25, -0.2) is 8.78 Å². The first kappa shape index (κ1) is 23.0. The van der Waals surface area contributed by atoms with Crippen LogP contribution in [0.2, 0.25) is 0 Å². The van der Waals surface area contributed by atoms with Crippen LogP contribution in [0, 0.1) is 23.5 Å². The summed E-state index contributed by atoms with van der Waals surface area (Å²) in [7, 11) is 0. The summed E-state index contributed by atoms with van der Waals surface area (Å²) in [5.74, 6) is -0.000207. The second kappa shape index (κ2) is 11.6. The molecule has 2 aliphatic carbocycles. The Kier molecular flexibility index (Phi) is 8.90. The zero-order valence-corrected chi connectivity index (χ0v) is 18.9. The van der Waals surface area contributed by atoms with E-state index in [-0.39, 0.29) is 0 Å². The van der Waals surface area contributed by atoms with Crippen LogP contribution in [0.3, 0.4) is 0 Å². The van der Waals surface area contributed by atoms with Crippen LogP contribution in [0.15, 0.2) is 42.0 Å². The standard InChI is InChI=1S/C28H38F2/c1-3-7-21-11-13-23(14-12-21)9-5-6-10-25-19-20-26(28(30)27(25)29)24-17-15-22(8-4-2)16-18-24/h5,9,11,17,19-20,22-23H,3-4,6-8,10,12-16,18H2,1-2H3. The molecule has 2 heteroatoms. The Balaban J connectivity index is 1.54. The van der Waals surface area contributed by atoms with Crippen molar-refractivity contribution in [1.29, 1.82) is 0 Å². The maximum atomic E-state index is 14.8. The molecule has 2 aliphatic rings. The Morgan fingerprint density at radius 3 is 2.47 bits per heavy atom. The molecule has 0 spiro atoms. The molecule has 1 aromatic carbocycles. The fourth-order valence-corrected chi connectivity index (χ4v) is 4.99. The van der Waals surface area contributed by atoms with Crippen LogP contribution in [0.1, 0.15) is 95.6 Å². The van der Waals surface area contributed by atoms with Crippen LogP contribution in [-0.2, 0) is 6.42 Å². The first-order valence-electron chi connectivity index (χ1n) is 12.1. The van der Waals surface area contributed by atoms with Crippen LogP contribution in [0.25, 0.3) is 5.57 Å².